The van der Waals surface area contributed by atoms with Crippen molar-refractivity contribution in [1.29, 1.82) is 0 Å². The van der Waals surface area contributed by atoms with Crippen LogP contribution < -0.4 is 11.1 Å². The molecule has 1 heterocycles. The van der Waals surface area contributed by atoms with E-state index >= 15 is 0 Å². The van der Waals surface area contributed by atoms with Gasteiger partial charge in [0.15, 0.2) is 0 Å². The SMILES string of the molecule is Cc1ccc(Cl)c(C(=O)N[C@H](CCN)CC2=COOC=C2)c1F. The molecule has 0 spiro atoms. The number of benzene rings is 1. The minimum absolute atomic E-state index is 0.0746. The number of nitrogens with two attached hydrogens (primary N) is 1. The number of rotatable bonds is 6. The fraction of sp³-hybridized carbons (Fsp3) is 0.312. The van der Waals surface area contributed by atoms with E-state index in [1.165, 1.54) is 24.7 Å². The monoisotopic (exact) mass is 340 g/mol. The lowest BCUT2D eigenvalue weighted by Gasteiger charge is -2.20. The highest BCUT2D eigenvalue weighted by Gasteiger charge is 2.21. The Balaban J connectivity index is 2.13. The maximum absolute atomic E-state index is 14.2. The molecule has 2 rings (SSSR count). The zero-order chi connectivity index (χ0) is 16.8. The topological polar surface area (TPSA) is 73.6 Å². The van der Waals surface area contributed by atoms with E-state index in [0.29, 0.717) is 24.9 Å². The molecule has 1 aromatic carbocycles. The van der Waals surface area contributed by atoms with Crippen LogP contribution in [0.5, 0.6) is 0 Å². The minimum atomic E-state index is -0.616. The second-order valence-electron chi connectivity index (χ2n) is 5.19. The van der Waals surface area contributed by atoms with Crippen molar-refractivity contribution in [2.75, 3.05) is 6.54 Å². The molecular weight excluding hydrogens is 323 g/mol. The van der Waals surface area contributed by atoms with E-state index < -0.39 is 11.7 Å². The zero-order valence-electron chi connectivity index (χ0n) is 12.6. The Hall–Kier alpha value is -2.05. The quantitative estimate of drug-likeness (QED) is 0.781. The third-order valence-corrected chi connectivity index (χ3v) is 3.75. The first-order chi connectivity index (χ1) is 11.0. The van der Waals surface area contributed by atoms with Gasteiger partial charge in [0.1, 0.15) is 18.3 Å². The van der Waals surface area contributed by atoms with Gasteiger partial charge < -0.3 is 11.1 Å². The smallest absolute Gasteiger partial charge is 0.256 e. The Labute approximate surface area is 138 Å². The van der Waals surface area contributed by atoms with Crippen molar-refractivity contribution in [3.63, 3.8) is 0 Å². The van der Waals surface area contributed by atoms with Gasteiger partial charge in [0.25, 0.3) is 5.91 Å². The van der Waals surface area contributed by atoms with E-state index in [-0.39, 0.29) is 16.6 Å². The third-order valence-electron chi connectivity index (χ3n) is 3.44. The molecule has 0 aliphatic carbocycles. The standard InChI is InChI=1S/C16H18ClFN2O3/c1-10-2-3-13(17)14(15(10)18)16(21)20-12(4-6-19)8-11-5-7-22-23-9-11/h2-3,5,7,9,12H,4,6,8,19H2,1H3,(H,20,21)/t12-/m1/s1. The first-order valence-electron chi connectivity index (χ1n) is 7.16. The van der Waals surface area contributed by atoms with E-state index in [4.69, 9.17) is 22.2 Å². The number of allylic oxidation sites excluding steroid dienone is 1. The number of carbonyl (C=O) groups is 1. The van der Waals surface area contributed by atoms with Crippen LogP contribution >= 0.6 is 11.6 Å². The molecule has 1 aromatic rings. The molecule has 1 amide bonds. The Morgan fingerprint density at radius 1 is 1.43 bits per heavy atom. The maximum Gasteiger partial charge on any atom is 0.256 e. The molecule has 0 radical (unpaired) electrons. The second kappa shape index (κ2) is 7.99. The van der Waals surface area contributed by atoms with Crippen LogP contribution in [0.3, 0.4) is 0 Å². The van der Waals surface area contributed by atoms with E-state index in [0.717, 1.165) is 5.57 Å². The van der Waals surface area contributed by atoms with Crippen LogP contribution in [0.25, 0.3) is 0 Å². The fourth-order valence-corrected chi connectivity index (χ4v) is 2.46. The van der Waals surface area contributed by atoms with E-state index in [9.17, 15) is 9.18 Å². The molecular formula is C16H18ClFN2O3. The van der Waals surface area contributed by atoms with Crippen molar-refractivity contribution in [3.05, 3.63) is 58.3 Å². The molecule has 0 fully saturated rings. The minimum Gasteiger partial charge on any atom is -0.349 e. The summed E-state index contributed by atoms with van der Waals surface area (Å²) in [6, 6.07) is 2.76. The van der Waals surface area contributed by atoms with Gasteiger partial charge in [0.05, 0.1) is 10.6 Å². The average molecular weight is 341 g/mol. The molecule has 0 saturated heterocycles. The van der Waals surface area contributed by atoms with Crippen LogP contribution in [0.4, 0.5) is 4.39 Å². The number of carbonyl (C=O) groups excluding carboxylic acids is 1. The van der Waals surface area contributed by atoms with Crippen molar-refractivity contribution in [2.45, 2.75) is 25.8 Å². The van der Waals surface area contributed by atoms with Crippen molar-refractivity contribution < 1.29 is 19.0 Å². The maximum atomic E-state index is 14.2. The summed E-state index contributed by atoms with van der Waals surface area (Å²) >= 11 is 5.96. The Bertz CT molecular complexity index is 646. The van der Waals surface area contributed by atoms with Crippen LogP contribution in [-0.2, 0) is 9.78 Å². The highest BCUT2D eigenvalue weighted by Crippen LogP contribution is 2.22. The fourth-order valence-electron chi connectivity index (χ4n) is 2.23. The van der Waals surface area contributed by atoms with Crippen LogP contribution in [-0.4, -0.2) is 18.5 Å². The second-order valence-corrected chi connectivity index (χ2v) is 5.60. The van der Waals surface area contributed by atoms with Gasteiger partial charge in [0, 0.05) is 6.04 Å². The zero-order valence-corrected chi connectivity index (χ0v) is 13.4. The van der Waals surface area contributed by atoms with Gasteiger partial charge in [0.2, 0.25) is 0 Å². The predicted molar refractivity (Wildman–Crippen MR) is 85.1 cm³/mol. The molecule has 0 bridgehead atoms. The van der Waals surface area contributed by atoms with Crippen molar-refractivity contribution in [2.24, 2.45) is 5.73 Å². The Kier molecular flexibility index (Phi) is 6.01. The van der Waals surface area contributed by atoms with Gasteiger partial charge in [-0.25, -0.2) is 4.39 Å². The van der Waals surface area contributed by atoms with Gasteiger partial charge in [-0.2, -0.15) is 0 Å². The average Bonchev–Trinajstić information content (AvgIpc) is 2.52. The number of amides is 1. The lowest BCUT2D eigenvalue weighted by atomic mass is 10.0. The molecule has 5 nitrogen and oxygen atoms in total. The number of aryl methyl sites for hydroxylation is 1. The summed E-state index contributed by atoms with van der Waals surface area (Å²) in [5.74, 6) is -1.18. The Morgan fingerprint density at radius 3 is 2.87 bits per heavy atom. The normalized spacial score (nSPS) is 14.5. The number of hydrogen-bond donors (Lipinski definition) is 2. The first kappa shape index (κ1) is 17.3. The molecule has 1 aliphatic rings. The Morgan fingerprint density at radius 2 is 2.22 bits per heavy atom. The lowest BCUT2D eigenvalue weighted by Crippen LogP contribution is -2.37. The third kappa shape index (κ3) is 4.46. The summed E-state index contributed by atoms with van der Waals surface area (Å²) in [4.78, 5) is 21.7. The molecule has 0 unspecified atom stereocenters. The van der Waals surface area contributed by atoms with Crippen molar-refractivity contribution >= 4 is 17.5 Å². The summed E-state index contributed by atoms with van der Waals surface area (Å²) in [6.45, 7) is 1.96. The van der Waals surface area contributed by atoms with Gasteiger partial charge in [-0.05, 0) is 49.6 Å². The van der Waals surface area contributed by atoms with E-state index in [1.807, 2.05) is 0 Å². The van der Waals surface area contributed by atoms with Crippen molar-refractivity contribution in [1.82, 2.24) is 5.32 Å². The summed E-state index contributed by atoms with van der Waals surface area (Å²) in [7, 11) is 0. The van der Waals surface area contributed by atoms with Gasteiger partial charge >= 0.3 is 0 Å². The number of hydrogen-bond acceptors (Lipinski definition) is 4. The van der Waals surface area contributed by atoms with E-state index in [2.05, 4.69) is 10.2 Å². The highest BCUT2D eigenvalue weighted by molar-refractivity contribution is 6.33. The summed E-state index contributed by atoms with van der Waals surface area (Å²) < 4.78 is 14.2. The molecule has 7 heteroatoms. The lowest BCUT2D eigenvalue weighted by molar-refractivity contribution is -0.199. The van der Waals surface area contributed by atoms with Gasteiger partial charge in [-0.15, -0.1) is 0 Å². The summed E-state index contributed by atoms with van der Waals surface area (Å²) in [6.07, 6.45) is 5.57. The summed E-state index contributed by atoms with van der Waals surface area (Å²) in [5.41, 5.74) is 6.62. The van der Waals surface area contributed by atoms with Crippen LogP contribution in [0.2, 0.25) is 5.02 Å². The molecule has 3 N–H and O–H groups in total. The predicted octanol–water partition coefficient (Wildman–Crippen LogP) is 2.98. The van der Waals surface area contributed by atoms with Gasteiger partial charge in [-0.3, -0.25) is 14.6 Å². The number of halogens is 2. The molecule has 23 heavy (non-hydrogen) atoms. The van der Waals surface area contributed by atoms with Crippen LogP contribution in [0, 0.1) is 12.7 Å². The van der Waals surface area contributed by atoms with Crippen LogP contribution in [0.15, 0.2) is 36.3 Å². The molecule has 0 aromatic heterocycles. The molecule has 124 valence electrons. The summed E-state index contributed by atoms with van der Waals surface area (Å²) in [5, 5.41) is 2.85. The first-order valence-corrected chi connectivity index (χ1v) is 7.54. The molecule has 0 saturated carbocycles. The molecule has 1 atom stereocenters. The highest BCUT2D eigenvalue weighted by atomic mass is 35.5. The number of nitrogens with one attached hydrogen (secondary N) is 1. The van der Waals surface area contributed by atoms with Crippen LogP contribution in [0.1, 0.15) is 28.8 Å². The molecule has 1 aliphatic heterocycles. The van der Waals surface area contributed by atoms with E-state index in [1.54, 1.807) is 13.0 Å². The largest absolute Gasteiger partial charge is 0.349 e. The van der Waals surface area contributed by atoms with Crippen molar-refractivity contribution in [3.8, 4) is 0 Å². The van der Waals surface area contributed by atoms with Gasteiger partial charge in [-0.1, -0.05) is 17.7 Å².